The molecule has 3 aliphatic rings. The molecule has 1 unspecified atom stereocenters. The molecule has 0 radical (unpaired) electrons. The molecule has 28 heavy (non-hydrogen) atoms. The summed E-state index contributed by atoms with van der Waals surface area (Å²) in [7, 11) is -3.74. The van der Waals surface area contributed by atoms with E-state index in [2.05, 4.69) is 0 Å². The third-order valence-electron chi connectivity index (χ3n) is 5.28. The zero-order chi connectivity index (χ0) is 20.9. The monoisotopic (exact) mass is 414 g/mol. The Morgan fingerprint density at radius 1 is 1.18 bits per heavy atom. The lowest BCUT2D eigenvalue weighted by atomic mass is 9.80. The van der Waals surface area contributed by atoms with Crippen molar-refractivity contribution in [2.75, 3.05) is 7.11 Å². The number of nitrogens with zero attached hydrogens (tertiary/aromatic N) is 2. The number of carbonyl (C=O) groups is 5. The Labute approximate surface area is 160 Å². The predicted octanol–water partition coefficient (Wildman–Crippen LogP) is -0.870. The summed E-state index contributed by atoms with van der Waals surface area (Å²) < 4.78 is 36.5. The Bertz CT molecular complexity index is 914. The van der Waals surface area contributed by atoms with Gasteiger partial charge < -0.3 is 4.74 Å². The molecule has 2 heterocycles. The molecule has 1 N–H and O–H groups in total. The maximum absolute atomic E-state index is 12.9. The molecule has 1 aliphatic carbocycles. The maximum Gasteiger partial charge on any atom is 0.332 e. The van der Waals surface area contributed by atoms with Gasteiger partial charge in [-0.1, -0.05) is 19.3 Å². The number of hydrogen-bond acceptors (Lipinski definition) is 8. The maximum atomic E-state index is 12.9. The van der Waals surface area contributed by atoms with Gasteiger partial charge >= 0.3 is 5.97 Å². The zero-order valence-electron chi connectivity index (χ0n) is 14.9. The fourth-order valence-corrected chi connectivity index (χ4v) is 4.67. The van der Waals surface area contributed by atoms with Crippen molar-refractivity contribution in [3.05, 3.63) is 11.8 Å². The number of likely N-dealkylation sites (tertiary alicyclic amines) is 1. The van der Waals surface area contributed by atoms with Crippen molar-refractivity contribution in [3.8, 4) is 0 Å². The first-order valence-electron chi connectivity index (χ1n) is 8.56. The lowest BCUT2D eigenvalue weighted by Gasteiger charge is -2.40. The second kappa shape index (κ2) is 6.78. The SMILES string of the molecule is COC(=O)C1(N2C(=O)C=C(N3C(=O)CC(S(=O)(=O)O)C3=O)C2=O)CCCCC1. The van der Waals surface area contributed by atoms with Crippen LogP contribution in [-0.4, -0.2) is 70.3 Å². The average Bonchev–Trinajstić information content (AvgIpc) is 3.09. The highest BCUT2D eigenvalue weighted by Gasteiger charge is 2.57. The summed E-state index contributed by atoms with van der Waals surface area (Å²) in [6, 6.07) is 0. The number of imide groups is 2. The third-order valence-corrected chi connectivity index (χ3v) is 6.37. The lowest BCUT2D eigenvalue weighted by molar-refractivity contribution is -0.167. The molecule has 2 aliphatic heterocycles. The van der Waals surface area contributed by atoms with E-state index in [1.165, 1.54) is 0 Å². The van der Waals surface area contributed by atoms with Crippen LogP contribution in [0.1, 0.15) is 38.5 Å². The van der Waals surface area contributed by atoms with Gasteiger partial charge in [0.15, 0.2) is 5.25 Å². The molecule has 2 fully saturated rings. The number of rotatable bonds is 4. The molecule has 152 valence electrons. The van der Waals surface area contributed by atoms with Crippen LogP contribution in [0.5, 0.6) is 0 Å². The van der Waals surface area contributed by atoms with E-state index in [1.54, 1.807) is 0 Å². The van der Waals surface area contributed by atoms with Crippen molar-refractivity contribution < 1.29 is 41.7 Å². The summed E-state index contributed by atoms with van der Waals surface area (Å²) in [5, 5.41) is -2.04. The fraction of sp³-hybridized carbons (Fsp3) is 0.562. The number of methoxy groups -OCH3 is 1. The third kappa shape index (κ3) is 2.92. The largest absolute Gasteiger partial charge is 0.467 e. The number of esters is 1. The van der Waals surface area contributed by atoms with Gasteiger partial charge in [-0.3, -0.25) is 28.6 Å². The van der Waals surface area contributed by atoms with Gasteiger partial charge in [-0.2, -0.15) is 8.42 Å². The average molecular weight is 414 g/mol. The van der Waals surface area contributed by atoms with E-state index in [9.17, 15) is 32.4 Å². The van der Waals surface area contributed by atoms with Gasteiger partial charge in [0.2, 0.25) is 5.91 Å². The molecule has 1 atom stereocenters. The smallest absolute Gasteiger partial charge is 0.332 e. The molecule has 11 nitrogen and oxygen atoms in total. The first kappa shape index (κ1) is 20.1. The van der Waals surface area contributed by atoms with Crippen LogP contribution in [0.4, 0.5) is 0 Å². The van der Waals surface area contributed by atoms with Gasteiger partial charge in [0.1, 0.15) is 11.2 Å². The van der Waals surface area contributed by atoms with Crippen LogP contribution in [0.2, 0.25) is 0 Å². The van der Waals surface area contributed by atoms with E-state index in [0.717, 1.165) is 19.6 Å². The number of hydrogen-bond donors (Lipinski definition) is 1. The molecule has 0 aromatic heterocycles. The van der Waals surface area contributed by atoms with Gasteiger partial charge in [-0.25, -0.2) is 9.69 Å². The van der Waals surface area contributed by atoms with Crippen LogP contribution in [0.15, 0.2) is 11.8 Å². The minimum absolute atomic E-state index is 0.174. The van der Waals surface area contributed by atoms with Crippen LogP contribution in [0, 0.1) is 0 Å². The van der Waals surface area contributed by atoms with Crippen LogP contribution in [0.25, 0.3) is 0 Å². The first-order chi connectivity index (χ1) is 13.0. The Balaban J connectivity index is 1.97. The van der Waals surface area contributed by atoms with Crippen molar-refractivity contribution in [1.82, 2.24) is 9.80 Å². The standard InChI is InChI=1S/C16H18N2O9S/c1-27-15(23)16(5-3-2-4-6-16)18-12(20)7-9(13(18)21)17-11(19)8-10(14(17)22)28(24,25)26/h7,10H,2-6,8H2,1H3,(H,24,25,26). The summed E-state index contributed by atoms with van der Waals surface area (Å²) in [4.78, 5) is 63.4. The first-order valence-corrected chi connectivity index (χ1v) is 10.1. The summed E-state index contributed by atoms with van der Waals surface area (Å²) in [5.74, 6) is -5.10. The number of carbonyl (C=O) groups excluding carboxylic acids is 5. The molecular formula is C16H18N2O9S. The molecule has 12 heteroatoms. The topological polar surface area (TPSA) is 155 Å². The van der Waals surface area contributed by atoms with Gasteiger partial charge in [-0.05, 0) is 12.8 Å². The van der Waals surface area contributed by atoms with Gasteiger partial charge in [0.05, 0.1) is 13.5 Å². The summed E-state index contributed by atoms with van der Waals surface area (Å²) in [6.07, 6.45) is 2.15. The van der Waals surface area contributed by atoms with Crippen molar-refractivity contribution in [2.45, 2.75) is 49.3 Å². The Hall–Kier alpha value is -2.60. The number of amides is 4. The van der Waals surface area contributed by atoms with Crippen molar-refractivity contribution >= 4 is 39.7 Å². The van der Waals surface area contributed by atoms with Gasteiger partial charge in [0.25, 0.3) is 27.8 Å². The molecule has 1 saturated heterocycles. The highest BCUT2D eigenvalue weighted by Crippen LogP contribution is 2.39. The number of ether oxygens (including phenoxy) is 1. The Morgan fingerprint density at radius 2 is 1.79 bits per heavy atom. The Kier molecular flexibility index (Phi) is 4.88. The summed E-state index contributed by atoms with van der Waals surface area (Å²) in [6.45, 7) is 0. The van der Waals surface area contributed by atoms with Crippen molar-refractivity contribution in [3.63, 3.8) is 0 Å². The normalized spacial score (nSPS) is 25.4. The lowest BCUT2D eigenvalue weighted by Crippen LogP contribution is -2.59. The Morgan fingerprint density at radius 3 is 2.29 bits per heavy atom. The molecule has 0 spiro atoms. The molecule has 1 saturated carbocycles. The van der Waals surface area contributed by atoms with E-state index in [0.29, 0.717) is 17.7 Å². The second-order valence-electron chi connectivity index (χ2n) is 6.87. The van der Waals surface area contributed by atoms with E-state index in [-0.39, 0.29) is 17.7 Å². The summed E-state index contributed by atoms with van der Waals surface area (Å²) >= 11 is 0. The highest BCUT2D eigenvalue weighted by atomic mass is 32.2. The molecule has 4 amide bonds. The summed E-state index contributed by atoms with van der Waals surface area (Å²) in [5.41, 5.74) is -2.19. The van der Waals surface area contributed by atoms with Crippen LogP contribution in [-0.2, 0) is 38.8 Å². The molecule has 0 aromatic rings. The second-order valence-corrected chi connectivity index (χ2v) is 8.47. The zero-order valence-corrected chi connectivity index (χ0v) is 15.7. The fourth-order valence-electron chi connectivity index (χ4n) is 3.96. The van der Waals surface area contributed by atoms with Crippen LogP contribution >= 0.6 is 0 Å². The van der Waals surface area contributed by atoms with Gasteiger partial charge in [0, 0.05) is 6.08 Å². The predicted molar refractivity (Wildman–Crippen MR) is 89.6 cm³/mol. The highest BCUT2D eigenvalue weighted by molar-refractivity contribution is 7.87. The van der Waals surface area contributed by atoms with Crippen LogP contribution < -0.4 is 0 Å². The van der Waals surface area contributed by atoms with E-state index < -0.39 is 62.6 Å². The van der Waals surface area contributed by atoms with E-state index in [1.807, 2.05) is 0 Å². The quantitative estimate of drug-likeness (QED) is 0.351. The van der Waals surface area contributed by atoms with E-state index >= 15 is 0 Å². The minimum Gasteiger partial charge on any atom is -0.467 e. The van der Waals surface area contributed by atoms with Crippen molar-refractivity contribution in [2.24, 2.45) is 0 Å². The minimum atomic E-state index is -4.86. The van der Waals surface area contributed by atoms with Crippen LogP contribution in [0.3, 0.4) is 0 Å². The van der Waals surface area contributed by atoms with E-state index in [4.69, 9.17) is 9.29 Å². The molecule has 3 rings (SSSR count). The van der Waals surface area contributed by atoms with Crippen molar-refractivity contribution in [1.29, 1.82) is 0 Å². The molecular weight excluding hydrogens is 396 g/mol. The van der Waals surface area contributed by atoms with Gasteiger partial charge in [-0.15, -0.1) is 0 Å². The molecule has 0 aromatic carbocycles. The molecule has 0 bridgehead atoms.